The van der Waals surface area contributed by atoms with Crippen LogP contribution in [0.2, 0.25) is 0 Å². The van der Waals surface area contributed by atoms with Crippen molar-refractivity contribution in [1.82, 2.24) is 5.32 Å². The second-order valence-electron chi connectivity index (χ2n) is 6.34. The van der Waals surface area contributed by atoms with Gasteiger partial charge in [0.25, 0.3) is 0 Å². The fraction of sp³-hybridized carbons (Fsp3) is 0.190. The van der Waals surface area contributed by atoms with E-state index in [0.717, 1.165) is 23.3 Å². The molecule has 0 amide bonds. The van der Waals surface area contributed by atoms with Crippen LogP contribution in [-0.2, 0) is 0 Å². The average molecular weight is 348 g/mol. The van der Waals surface area contributed by atoms with E-state index < -0.39 is 0 Å². The molecule has 3 nitrogen and oxygen atoms in total. The number of para-hydroxylation sites is 1. The predicted molar refractivity (Wildman–Crippen MR) is 103 cm³/mol. The van der Waals surface area contributed by atoms with E-state index >= 15 is 0 Å². The van der Waals surface area contributed by atoms with Gasteiger partial charge in [0.05, 0.1) is 0 Å². The van der Waals surface area contributed by atoms with Gasteiger partial charge in [0.1, 0.15) is 11.9 Å². The molecule has 0 fully saturated rings. The zero-order chi connectivity index (χ0) is 17.2. The summed E-state index contributed by atoms with van der Waals surface area (Å²) in [4.78, 5) is 6.15. The van der Waals surface area contributed by atoms with E-state index in [1.807, 2.05) is 24.3 Å². The first-order chi connectivity index (χ1) is 12.2. The number of hydrogen-bond donors (Lipinski definition) is 2. The summed E-state index contributed by atoms with van der Waals surface area (Å²) < 4.78 is 0. The molecule has 2 atom stereocenters. The van der Waals surface area contributed by atoms with Gasteiger partial charge in [0.2, 0.25) is 0 Å². The van der Waals surface area contributed by atoms with Crippen LogP contribution in [0.3, 0.4) is 0 Å². The fourth-order valence-electron chi connectivity index (χ4n) is 3.20. The highest BCUT2D eigenvalue weighted by Gasteiger charge is 2.27. The van der Waals surface area contributed by atoms with Gasteiger partial charge in [-0.05, 0) is 30.0 Å². The minimum Gasteiger partial charge on any atom is -0.508 e. The number of thiophene rings is 1. The van der Waals surface area contributed by atoms with Crippen LogP contribution in [0.1, 0.15) is 40.2 Å². The summed E-state index contributed by atoms with van der Waals surface area (Å²) >= 11 is 1.70. The fourth-order valence-corrected chi connectivity index (χ4v) is 3.92. The van der Waals surface area contributed by atoms with Crippen LogP contribution in [-0.4, -0.2) is 10.8 Å². The van der Waals surface area contributed by atoms with E-state index in [-0.39, 0.29) is 12.2 Å². The third-order valence-corrected chi connectivity index (χ3v) is 5.48. The predicted octanol–water partition coefficient (Wildman–Crippen LogP) is 4.98. The Morgan fingerprint density at radius 3 is 2.56 bits per heavy atom. The lowest BCUT2D eigenvalue weighted by molar-refractivity contribution is 0.415. The molecule has 0 spiro atoms. The largest absolute Gasteiger partial charge is 0.508 e. The molecular weight excluding hydrogens is 328 g/mol. The van der Waals surface area contributed by atoms with Crippen LogP contribution in [0.4, 0.5) is 0 Å². The van der Waals surface area contributed by atoms with Gasteiger partial charge in [-0.3, -0.25) is 10.3 Å². The van der Waals surface area contributed by atoms with Crippen molar-refractivity contribution in [2.24, 2.45) is 4.99 Å². The van der Waals surface area contributed by atoms with Crippen molar-refractivity contribution in [3.63, 3.8) is 0 Å². The maximum absolute atomic E-state index is 10.3. The normalized spacial score (nSPS) is 20.3. The highest BCUT2D eigenvalue weighted by molar-refractivity contribution is 7.10. The van der Waals surface area contributed by atoms with E-state index in [0.29, 0.717) is 5.75 Å². The molecule has 0 saturated carbocycles. The van der Waals surface area contributed by atoms with Crippen molar-refractivity contribution in [3.05, 3.63) is 87.6 Å². The standard InChI is InChI=1S/C21H20N2OS/c1-14-8-10-15(11-9-14)17-13-18(16-5-2-3-6-19(16)24)23-21(22-17)20-7-4-12-25-20/h2-12,18,21,23-24H,13H2,1H3/t18-,21-/m0/s1. The lowest BCUT2D eigenvalue weighted by Gasteiger charge is -2.30. The molecule has 0 unspecified atom stereocenters. The number of hydrogen-bond acceptors (Lipinski definition) is 4. The van der Waals surface area contributed by atoms with Crippen molar-refractivity contribution in [1.29, 1.82) is 0 Å². The summed E-state index contributed by atoms with van der Waals surface area (Å²) in [6.45, 7) is 2.09. The van der Waals surface area contributed by atoms with Gasteiger partial charge in [-0.25, -0.2) is 0 Å². The molecule has 4 rings (SSSR count). The smallest absolute Gasteiger partial charge is 0.135 e. The van der Waals surface area contributed by atoms with Crippen molar-refractivity contribution >= 4 is 17.0 Å². The Balaban J connectivity index is 1.74. The van der Waals surface area contributed by atoms with Crippen LogP contribution >= 0.6 is 11.3 Å². The summed E-state index contributed by atoms with van der Waals surface area (Å²) in [6, 6.07) is 20.2. The van der Waals surface area contributed by atoms with Crippen LogP contribution in [0.25, 0.3) is 0 Å². The molecule has 0 radical (unpaired) electrons. The molecule has 3 aromatic rings. The van der Waals surface area contributed by atoms with Gasteiger partial charge in [0, 0.05) is 28.6 Å². The Labute approximate surface area is 151 Å². The van der Waals surface area contributed by atoms with Crippen molar-refractivity contribution < 1.29 is 5.11 Å². The van der Waals surface area contributed by atoms with Crippen LogP contribution in [0, 0.1) is 6.92 Å². The minimum atomic E-state index is -0.0883. The monoisotopic (exact) mass is 348 g/mol. The van der Waals surface area contributed by atoms with Crippen LogP contribution in [0.5, 0.6) is 5.75 Å². The summed E-state index contributed by atoms with van der Waals surface area (Å²) in [6.07, 6.45) is 0.664. The molecule has 1 aliphatic rings. The molecule has 2 aromatic carbocycles. The number of aromatic hydroxyl groups is 1. The molecule has 126 valence electrons. The minimum absolute atomic E-state index is 0.0297. The SMILES string of the molecule is Cc1ccc(C2=N[C@H](c3cccs3)N[C@H](c3ccccc3O)C2)cc1. The number of aliphatic imine (C=N–C) groups is 1. The van der Waals surface area contributed by atoms with Gasteiger partial charge < -0.3 is 5.11 Å². The van der Waals surface area contributed by atoms with E-state index in [4.69, 9.17) is 4.99 Å². The molecule has 0 bridgehead atoms. The van der Waals surface area contributed by atoms with Crippen molar-refractivity contribution in [3.8, 4) is 5.75 Å². The van der Waals surface area contributed by atoms with Gasteiger partial charge in [-0.1, -0.05) is 54.1 Å². The number of benzene rings is 2. The molecule has 0 aliphatic carbocycles. The Morgan fingerprint density at radius 1 is 1.04 bits per heavy atom. The molecule has 25 heavy (non-hydrogen) atoms. The van der Waals surface area contributed by atoms with E-state index in [1.54, 1.807) is 17.4 Å². The van der Waals surface area contributed by atoms with Crippen molar-refractivity contribution in [2.45, 2.75) is 25.6 Å². The Hall–Kier alpha value is -2.43. The molecule has 4 heteroatoms. The third-order valence-electron chi connectivity index (χ3n) is 4.55. The second kappa shape index (κ2) is 6.82. The lowest BCUT2D eigenvalue weighted by atomic mass is 9.94. The van der Waals surface area contributed by atoms with Crippen molar-refractivity contribution in [2.75, 3.05) is 0 Å². The zero-order valence-corrected chi connectivity index (χ0v) is 14.8. The number of aryl methyl sites for hydroxylation is 1. The topological polar surface area (TPSA) is 44.6 Å². The van der Waals surface area contributed by atoms with Gasteiger partial charge in [-0.2, -0.15) is 0 Å². The third kappa shape index (κ3) is 3.36. The highest BCUT2D eigenvalue weighted by Crippen LogP contribution is 2.35. The van der Waals surface area contributed by atoms with Crippen LogP contribution in [0.15, 0.2) is 71.0 Å². The summed E-state index contributed by atoms with van der Waals surface area (Å²) in [5, 5.41) is 16.0. The van der Waals surface area contributed by atoms with E-state index in [1.165, 1.54) is 10.4 Å². The molecule has 2 heterocycles. The van der Waals surface area contributed by atoms with Crippen LogP contribution < -0.4 is 5.32 Å². The Bertz CT molecular complexity index is 885. The summed E-state index contributed by atoms with van der Waals surface area (Å²) in [5.41, 5.74) is 4.38. The molecule has 1 aromatic heterocycles. The first-order valence-corrected chi connectivity index (χ1v) is 9.30. The molecule has 2 N–H and O–H groups in total. The molecular formula is C21H20N2OS. The average Bonchev–Trinajstić information content (AvgIpc) is 3.17. The number of nitrogens with one attached hydrogen (secondary N) is 1. The lowest BCUT2D eigenvalue weighted by Crippen LogP contribution is -2.32. The first kappa shape index (κ1) is 16.1. The zero-order valence-electron chi connectivity index (χ0n) is 14.0. The van der Waals surface area contributed by atoms with E-state index in [2.05, 4.69) is 48.0 Å². The van der Waals surface area contributed by atoms with E-state index in [9.17, 15) is 5.11 Å². The maximum atomic E-state index is 10.3. The Kier molecular flexibility index (Phi) is 4.38. The summed E-state index contributed by atoms with van der Waals surface area (Å²) in [7, 11) is 0. The summed E-state index contributed by atoms with van der Waals surface area (Å²) in [5.74, 6) is 0.329. The number of phenols is 1. The quantitative estimate of drug-likeness (QED) is 0.701. The van der Waals surface area contributed by atoms with Gasteiger partial charge >= 0.3 is 0 Å². The van der Waals surface area contributed by atoms with Gasteiger partial charge in [0.15, 0.2) is 0 Å². The number of nitrogens with zero attached hydrogens (tertiary/aromatic N) is 1. The number of phenolic OH excluding ortho intramolecular Hbond substituents is 1. The number of rotatable bonds is 3. The first-order valence-electron chi connectivity index (χ1n) is 8.42. The second-order valence-corrected chi connectivity index (χ2v) is 7.32. The highest BCUT2D eigenvalue weighted by atomic mass is 32.1. The Morgan fingerprint density at radius 2 is 1.84 bits per heavy atom. The van der Waals surface area contributed by atoms with Gasteiger partial charge in [-0.15, -0.1) is 11.3 Å². The molecule has 0 saturated heterocycles. The maximum Gasteiger partial charge on any atom is 0.135 e. The molecule has 1 aliphatic heterocycles.